The number of thiazole rings is 1. The number of nitrogens with zero attached hydrogens (tertiary/aromatic N) is 2. The van der Waals surface area contributed by atoms with Gasteiger partial charge in [0.25, 0.3) is 5.91 Å². The molecule has 0 aliphatic rings. The van der Waals surface area contributed by atoms with E-state index in [9.17, 15) is 9.59 Å². The molecular weight excluding hydrogens is 322 g/mol. The second kappa shape index (κ2) is 7.55. The number of nitrogens with one attached hydrogen (secondary N) is 1. The van der Waals surface area contributed by atoms with Crippen molar-refractivity contribution >= 4 is 49.2 Å². The molecule has 0 atom stereocenters. The lowest BCUT2D eigenvalue weighted by Gasteiger charge is -2.16. The highest BCUT2D eigenvalue weighted by Crippen LogP contribution is 2.34. The molecule has 2 aromatic heterocycles. The second-order valence-corrected chi connectivity index (χ2v) is 6.74. The summed E-state index contributed by atoms with van der Waals surface area (Å²) in [6, 6.07) is 1.86. The topological polar surface area (TPSA) is 82.5 Å². The fourth-order valence-electron chi connectivity index (χ4n) is 1.99. The Morgan fingerprint density at radius 2 is 2.05 bits per heavy atom. The molecule has 0 fully saturated rings. The fourth-order valence-corrected chi connectivity index (χ4v) is 4.25. The lowest BCUT2D eigenvalue weighted by atomic mass is 10.3. The third-order valence-corrected chi connectivity index (χ3v) is 5.41. The summed E-state index contributed by atoms with van der Waals surface area (Å²) < 4.78 is 1.02. The zero-order valence-corrected chi connectivity index (χ0v) is 14.2. The number of aliphatic carboxylic acids is 1. The van der Waals surface area contributed by atoms with Crippen LogP contribution < -0.4 is 10.2 Å². The van der Waals surface area contributed by atoms with Gasteiger partial charge in [-0.05, 0) is 26.3 Å². The summed E-state index contributed by atoms with van der Waals surface area (Å²) in [4.78, 5) is 30.7. The lowest BCUT2D eigenvalue weighted by molar-refractivity contribution is -0.137. The third-order valence-electron chi connectivity index (χ3n) is 3.19. The molecule has 0 aliphatic heterocycles. The molecule has 0 radical (unpaired) electrons. The van der Waals surface area contributed by atoms with Gasteiger partial charge < -0.3 is 15.3 Å². The molecule has 0 aromatic carbocycles. The Morgan fingerprint density at radius 3 is 2.64 bits per heavy atom. The summed E-state index contributed by atoms with van der Waals surface area (Å²) in [5, 5.41) is 12.3. The van der Waals surface area contributed by atoms with Gasteiger partial charge in [0.1, 0.15) is 4.83 Å². The molecule has 8 heteroatoms. The normalized spacial score (nSPS) is 10.8. The molecule has 2 heterocycles. The number of carbonyl (C=O) groups is 2. The number of aromatic nitrogens is 1. The zero-order valence-electron chi connectivity index (χ0n) is 12.6. The quantitative estimate of drug-likeness (QED) is 0.722. The first-order chi connectivity index (χ1) is 10.5. The van der Waals surface area contributed by atoms with Crippen molar-refractivity contribution in [2.45, 2.75) is 26.7 Å². The van der Waals surface area contributed by atoms with Gasteiger partial charge in [-0.2, -0.15) is 0 Å². The van der Waals surface area contributed by atoms with Gasteiger partial charge in [0, 0.05) is 26.1 Å². The molecular formula is C14H19N3O3S2. The predicted octanol–water partition coefficient (Wildman–Crippen LogP) is 2.80. The number of amides is 1. The van der Waals surface area contributed by atoms with E-state index in [4.69, 9.17) is 5.11 Å². The van der Waals surface area contributed by atoms with E-state index < -0.39 is 5.97 Å². The smallest absolute Gasteiger partial charge is 0.303 e. The average Bonchev–Trinajstić information content (AvgIpc) is 3.03. The molecule has 120 valence electrons. The first kappa shape index (κ1) is 16.7. The highest BCUT2D eigenvalue weighted by Gasteiger charge is 2.15. The van der Waals surface area contributed by atoms with Gasteiger partial charge in [-0.25, -0.2) is 4.98 Å². The maximum absolute atomic E-state index is 12.0. The van der Waals surface area contributed by atoms with Gasteiger partial charge >= 0.3 is 5.97 Å². The van der Waals surface area contributed by atoms with Gasteiger partial charge in [-0.15, -0.1) is 11.3 Å². The molecule has 2 N–H and O–H groups in total. The SMILES string of the molecule is CCN(CC)c1nc2sc(C(=O)NCCCC(=O)O)cc2s1. The molecule has 0 aliphatic carbocycles. The Balaban J connectivity index is 1.99. The fraction of sp³-hybridized carbons (Fsp3) is 0.500. The van der Waals surface area contributed by atoms with Crippen molar-refractivity contribution in [1.82, 2.24) is 10.3 Å². The Hall–Kier alpha value is -1.67. The number of hydrogen-bond acceptors (Lipinski definition) is 6. The number of carbonyl (C=O) groups excluding carboxylic acids is 1. The number of fused-ring (bicyclic) bond motifs is 1. The van der Waals surface area contributed by atoms with Crippen LogP contribution in [0.3, 0.4) is 0 Å². The van der Waals surface area contributed by atoms with Crippen molar-refractivity contribution in [2.24, 2.45) is 0 Å². The highest BCUT2D eigenvalue weighted by atomic mass is 32.1. The van der Waals surface area contributed by atoms with Crippen LogP contribution in [0.4, 0.5) is 5.13 Å². The molecule has 0 unspecified atom stereocenters. The van der Waals surface area contributed by atoms with Gasteiger partial charge in [0.15, 0.2) is 5.13 Å². The zero-order chi connectivity index (χ0) is 16.1. The van der Waals surface area contributed by atoms with Gasteiger partial charge in [-0.3, -0.25) is 9.59 Å². The van der Waals surface area contributed by atoms with Crippen molar-refractivity contribution in [1.29, 1.82) is 0 Å². The molecule has 0 saturated heterocycles. The van der Waals surface area contributed by atoms with Crippen LogP contribution in [0.2, 0.25) is 0 Å². The Morgan fingerprint density at radius 1 is 1.32 bits per heavy atom. The van der Waals surface area contributed by atoms with Crippen LogP contribution in [0.5, 0.6) is 0 Å². The number of carboxylic acids is 1. The molecule has 1 amide bonds. The molecule has 0 saturated carbocycles. The van der Waals surface area contributed by atoms with Crippen molar-refractivity contribution in [3.05, 3.63) is 10.9 Å². The molecule has 6 nitrogen and oxygen atoms in total. The van der Waals surface area contributed by atoms with Crippen LogP contribution in [-0.2, 0) is 4.79 Å². The molecule has 0 bridgehead atoms. The largest absolute Gasteiger partial charge is 0.481 e. The van der Waals surface area contributed by atoms with E-state index in [1.165, 1.54) is 11.3 Å². The Kier molecular flexibility index (Phi) is 5.73. The van der Waals surface area contributed by atoms with E-state index in [1.807, 2.05) is 6.07 Å². The van der Waals surface area contributed by atoms with Crippen LogP contribution >= 0.6 is 22.7 Å². The lowest BCUT2D eigenvalue weighted by Crippen LogP contribution is -2.24. The monoisotopic (exact) mass is 341 g/mol. The average molecular weight is 341 g/mol. The number of thiophene rings is 1. The molecule has 2 rings (SSSR count). The third kappa shape index (κ3) is 3.95. The van der Waals surface area contributed by atoms with E-state index in [-0.39, 0.29) is 12.3 Å². The predicted molar refractivity (Wildman–Crippen MR) is 90.3 cm³/mol. The maximum atomic E-state index is 12.0. The van der Waals surface area contributed by atoms with E-state index in [0.29, 0.717) is 17.8 Å². The van der Waals surface area contributed by atoms with Crippen LogP contribution in [0, 0.1) is 0 Å². The summed E-state index contributed by atoms with van der Waals surface area (Å²) in [6.45, 7) is 6.38. The first-order valence-corrected chi connectivity index (χ1v) is 8.83. The standard InChI is InChI=1S/C14H19N3O3S2/c1-3-17(4-2)14-16-13-10(22-14)8-9(21-13)12(20)15-7-5-6-11(18)19/h8H,3-7H2,1-2H3,(H,15,20)(H,18,19). The molecule has 2 aromatic rings. The summed E-state index contributed by atoms with van der Waals surface area (Å²) in [6.07, 6.45) is 0.500. The van der Waals surface area contributed by atoms with Crippen molar-refractivity contribution in [3.63, 3.8) is 0 Å². The molecule has 0 spiro atoms. The van der Waals surface area contributed by atoms with Crippen LogP contribution in [0.15, 0.2) is 6.07 Å². The number of anilines is 1. The van der Waals surface area contributed by atoms with Crippen LogP contribution in [0.25, 0.3) is 9.53 Å². The minimum absolute atomic E-state index is 0.0641. The van der Waals surface area contributed by atoms with Gasteiger partial charge in [0.05, 0.1) is 9.58 Å². The van der Waals surface area contributed by atoms with E-state index in [2.05, 4.69) is 29.0 Å². The van der Waals surface area contributed by atoms with Crippen molar-refractivity contribution < 1.29 is 14.7 Å². The van der Waals surface area contributed by atoms with E-state index in [1.54, 1.807) is 11.3 Å². The van der Waals surface area contributed by atoms with Crippen molar-refractivity contribution in [3.8, 4) is 0 Å². The summed E-state index contributed by atoms with van der Waals surface area (Å²) >= 11 is 2.97. The Labute approximate surface area is 136 Å². The Bertz CT molecular complexity index is 630. The summed E-state index contributed by atoms with van der Waals surface area (Å²) in [7, 11) is 0. The second-order valence-electron chi connectivity index (χ2n) is 4.70. The minimum Gasteiger partial charge on any atom is -0.481 e. The van der Waals surface area contributed by atoms with E-state index in [0.717, 1.165) is 27.8 Å². The summed E-state index contributed by atoms with van der Waals surface area (Å²) in [5.74, 6) is -1.01. The molecule has 22 heavy (non-hydrogen) atoms. The van der Waals surface area contributed by atoms with Crippen LogP contribution in [-0.4, -0.2) is 41.6 Å². The minimum atomic E-state index is -0.848. The highest BCUT2D eigenvalue weighted by molar-refractivity contribution is 7.29. The van der Waals surface area contributed by atoms with Crippen LogP contribution in [0.1, 0.15) is 36.4 Å². The van der Waals surface area contributed by atoms with E-state index >= 15 is 0 Å². The maximum Gasteiger partial charge on any atom is 0.303 e. The number of rotatable bonds is 8. The van der Waals surface area contributed by atoms with Crippen molar-refractivity contribution in [2.75, 3.05) is 24.5 Å². The summed E-state index contributed by atoms with van der Waals surface area (Å²) in [5.41, 5.74) is 0. The number of carboxylic acid groups (broad SMARTS) is 1. The van der Waals surface area contributed by atoms with Gasteiger partial charge in [-0.1, -0.05) is 11.3 Å². The first-order valence-electron chi connectivity index (χ1n) is 7.20. The van der Waals surface area contributed by atoms with Gasteiger partial charge in [0.2, 0.25) is 0 Å². The number of hydrogen-bond donors (Lipinski definition) is 2.